The maximum Gasteiger partial charge on any atom is 0.243 e. The fourth-order valence-corrected chi connectivity index (χ4v) is 5.27. The van der Waals surface area contributed by atoms with Gasteiger partial charge in [0, 0.05) is 37.2 Å². The first-order valence-corrected chi connectivity index (χ1v) is 12.3. The highest BCUT2D eigenvalue weighted by atomic mass is 32.2. The summed E-state index contributed by atoms with van der Waals surface area (Å²) in [5, 5.41) is 2.78. The van der Waals surface area contributed by atoms with E-state index in [9.17, 15) is 13.2 Å². The van der Waals surface area contributed by atoms with Gasteiger partial charge in [0.15, 0.2) is 11.7 Å². The number of rotatable bonds is 7. The highest BCUT2D eigenvalue weighted by Crippen LogP contribution is 2.24. The van der Waals surface area contributed by atoms with Crippen molar-refractivity contribution in [3.8, 4) is 11.3 Å². The van der Waals surface area contributed by atoms with Gasteiger partial charge in [0.25, 0.3) is 0 Å². The molecule has 1 fully saturated rings. The van der Waals surface area contributed by atoms with E-state index < -0.39 is 10.0 Å². The van der Waals surface area contributed by atoms with E-state index in [1.165, 1.54) is 10.4 Å². The van der Waals surface area contributed by atoms with E-state index in [4.69, 9.17) is 4.42 Å². The van der Waals surface area contributed by atoms with Crippen LogP contribution in [0, 0.1) is 6.92 Å². The number of aromatic nitrogens is 1. The van der Waals surface area contributed by atoms with Crippen molar-refractivity contribution < 1.29 is 17.6 Å². The van der Waals surface area contributed by atoms with Crippen LogP contribution in [0.15, 0.2) is 64.0 Å². The molecule has 4 rings (SSSR count). The lowest BCUT2D eigenvalue weighted by Gasteiger charge is -2.26. The Hall–Kier alpha value is -2.97. The Labute approximate surface area is 188 Å². The van der Waals surface area contributed by atoms with Crippen LogP contribution in [0.5, 0.6) is 0 Å². The Balaban J connectivity index is 1.35. The van der Waals surface area contributed by atoms with Gasteiger partial charge in [-0.05, 0) is 38.0 Å². The maximum absolute atomic E-state index is 12.9. The van der Waals surface area contributed by atoms with E-state index in [2.05, 4.69) is 10.3 Å². The number of hydrogen-bond donors (Lipinski definition) is 1. The molecule has 2 aromatic carbocycles. The first kappa shape index (κ1) is 22.2. The molecule has 1 aliphatic heterocycles. The molecule has 0 atom stereocenters. The van der Waals surface area contributed by atoms with Crippen LogP contribution >= 0.6 is 0 Å². The number of carbonyl (C=O) groups is 1. The van der Waals surface area contributed by atoms with Gasteiger partial charge in [0.2, 0.25) is 15.9 Å². The Morgan fingerprint density at radius 1 is 1.09 bits per heavy atom. The smallest absolute Gasteiger partial charge is 0.243 e. The van der Waals surface area contributed by atoms with Gasteiger partial charge in [-0.3, -0.25) is 4.79 Å². The number of oxazole rings is 1. The third-order valence-corrected chi connectivity index (χ3v) is 7.42. The average Bonchev–Trinajstić information content (AvgIpc) is 3.28. The lowest BCUT2D eigenvalue weighted by molar-refractivity contribution is -0.116. The summed E-state index contributed by atoms with van der Waals surface area (Å²) in [4.78, 5) is 16.9. The van der Waals surface area contributed by atoms with Crippen molar-refractivity contribution in [2.24, 2.45) is 0 Å². The molecular weight excluding hydrogens is 426 g/mol. The minimum absolute atomic E-state index is 0.178. The molecule has 0 bridgehead atoms. The molecule has 2 heterocycles. The molecular formula is C24H27N3O4S. The minimum atomic E-state index is -3.54. The van der Waals surface area contributed by atoms with Crippen molar-refractivity contribution >= 4 is 21.6 Å². The van der Waals surface area contributed by atoms with Crippen molar-refractivity contribution in [2.45, 2.75) is 43.9 Å². The molecule has 1 N–H and O–H groups in total. The number of amides is 1. The molecule has 32 heavy (non-hydrogen) atoms. The first-order valence-electron chi connectivity index (χ1n) is 10.8. The monoisotopic (exact) mass is 453 g/mol. The van der Waals surface area contributed by atoms with E-state index in [1.54, 1.807) is 24.4 Å². The molecule has 0 aliphatic carbocycles. The lowest BCUT2D eigenvalue weighted by atomic mass is 10.1. The van der Waals surface area contributed by atoms with Crippen molar-refractivity contribution in [3.63, 3.8) is 0 Å². The Kier molecular flexibility index (Phi) is 6.72. The number of anilines is 1. The highest BCUT2D eigenvalue weighted by molar-refractivity contribution is 7.89. The zero-order valence-corrected chi connectivity index (χ0v) is 18.9. The summed E-state index contributed by atoms with van der Waals surface area (Å²) in [6.07, 6.45) is 5.00. The molecule has 7 nitrogen and oxygen atoms in total. The zero-order valence-electron chi connectivity index (χ0n) is 18.1. The zero-order chi connectivity index (χ0) is 22.6. The molecule has 1 saturated heterocycles. The Bertz CT molecular complexity index is 1180. The van der Waals surface area contributed by atoms with E-state index in [0.29, 0.717) is 36.8 Å². The summed E-state index contributed by atoms with van der Waals surface area (Å²) < 4.78 is 33.0. The van der Waals surface area contributed by atoms with Gasteiger partial charge in [-0.2, -0.15) is 4.31 Å². The number of hydrogen-bond acceptors (Lipinski definition) is 5. The molecule has 168 valence electrons. The quantitative estimate of drug-likeness (QED) is 0.573. The topological polar surface area (TPSA) is 92.5 Å². The van der Waals surface area contributed by atoms with E-state index in [0.717, 1.165) is 30.4 Å². The van der Waals surface area contributed by atoms with Gasteiger partial charge in [-0.15, -0.1) is 0 Å². The van der Waals surface area contributed by atoms with Gasteiger partial charge < -0.3 is 9.73 Å². The molecule has 0 unspecified atom stereocenters. The van der Waals surface area contributed by atoms with Crippen LogP contribution in [0.25, 0.3) is 11.3 Å². The number of nitrogens with zero attached hydrogens (tertiary/aromatic N) is 2. The second-order valence-electron chi connectivity index (χ2n) is 8.03. The van der Waals surface area contributed by atoms with Crippen LogP contribution in [0.1, 0.15) is 37.1 Å². The Morgan fingerprint density at radius 3 is 2.59 bits per heavy atom. The molecule has 3 aromatic rings. The number of aryl methyl sites for hydroxylation is 2. The third-order valence-electron chi connectivity index (χ3n) is 5.53. The largest absolute Gasteiger partial charge is 0.441 e. The molecule has 1 aliphatic rings. The van der Waals surface area contributed by atoms with Crippen LogP contribution in [-0.2, 0) is 21.2 Å². The summed E-state index contributed by atoms with van der Waals surface area (Å²) in [7, 11) is -3.54. The maximum atomic E-state index is 12.9. The molecule has 0 saturated carbocycles. The summed E-state index contributed by atoms with van der Waals surface area (Å²) in [6, 6.07) is 14.4. The van der Waals surface area contributed by atoms with E-state index in [1.807, 2.05) is 31.2 Å². The molecule has 1 amide bonds. The van der Waals surface area contributed by atoms with Gasteiger partial charge in [0.05, 0.1) is 11.1 Å². The second-order valence-corrected chi connectivity index (χ2v) is 9.96. The number of carbonyl (C=O) groups excluding carboxylic acids is 1. The SMILES string of the molecule is Cc1ccc(-c2cnc(CCC(=O)Nc3cccc(S(=O)(=O)N4CCCCC4)c3)o2)cc1. The van der Waals surface area contributed by atoms with Gasteiger partial charge in [-0.25, -0.2) is 13.4 Å². The summed E-state index contributed by atoms with van der Waals surface area (Å²) >= 11 is 0. The number of piperidine rings is 1. The normalized spacial score (nSPS) is 14.9. The van der Waals surface area contributed by atoms with Crippen LogP contribution in [0.4, 0.5) is 5.69 Å². The fourth-order valence-electron chi connectivity index (χ4n) is 3.71. The van der Waals surface area contributed by atoms with Crippen LogP contribution in [0.3, 0.4) is 0 Å². The predicted molar refractivity (Wildman–Crippen MR) is 123 cm³/mol. The highest BCUT2D eigenvalue weighted by Gasteiger charge is 2.26. The number of benzene rings is 2. The molecule has 0 spiro atoms. The number of nitrogens with one attached hydrogen (secondary N) is 1. The van der Waals surface area contributed by atoms with Crippen molar-refractivity contribution in [1.29, 1.82) is 0 Å². The number of sulfonamides is 1. The summed E-state index contributed by atoms with van der Waals surface area (Å²) in [5.74, 6) is 0.917. The van der Waals surface area contributed by atoms with E-state index in [-0.39, 0.29) is 17.2 Å². The minimum Gasteiger partial charge on any atom is -0.441 e. The van der Waals surface area contributed by atoms with Crippen molar-refractivity contribution in [1.82, 2.24) is 9.29 Å². The lowest BCUT2D eigenvalue weighted by Crippen LogP contribution is -2.35. The van der Waals surface area contributed by atoms with Crippen molar-refractivity contribution in [2.75, 3.05) is 18.4 Å². The van der Waals surface area contributed by atoms with Crippen LogP contribution in [0.2, 0.25) is 0 Å². The van der Waals surface area contributed by atoms with E-state index >= 15 is 0 Å². The van der Waals surface area contributed by atoms with Crippen LogP contribution < -0.4 is 5.32 Å². The standard InChI is InChI=1S/C24H27N3O4S/c1-18-8-10-19(11-9-18)22-17-25-24(31-22)13-12-23(28)26-20-6-5-7-21(16-20)32(29,30)27-14-3-2-4-15-27/h5-11,16-17H,2-4,12-15H2,1H3,(H,26,28). The van der Waals surface area contributed by atoms with Gasteiger partial charge in [0.1, 0.15) is 0 Å². The van der Waals surface area contributed by atoms with Crippen molar-refractivity contribution in [3.05, 3.63) is 66.2 Å². The molecule has 1 aromatic heterocycles. The average molecular weight is 454 g/mol. The summed E-state index contributed by atoms with van der Waals surface area (Å²) in [6.45, 7) is 3.10. The van der Waals surface area contributed by atoms with Gasteiger partial charge in [-0.1, -0.05) is 42.3 Å². The second kappa shape index (κ2) is 9.67. The third kappa shape index (κ3) is 5.26. The molecule has 0 radical (unpaired) electrons. The fraction of sp³-hybridized carbons (Fsp3) is 0.333. The Morgan fingerprint density at radius 2 is 1.84 bits per heavy atom. The summed E-state index contributed by atoms with van der Waals surface area (Å²) in [5.41, 5.74) is 2.56. The van der Waals surface area contributed by atoms with Crippen LogP contribution in [-0.4, -0.2) is 36.7 Å². The molecule has 8 heteroatoms. The predicted octanol–water partition coefficient (Wildman–Crippen LogP) is 4.40. The van der Waals surface area contributed by atoms with Gasteiger partial charge >= 0.3 is 0 Å². The first-order chi connectivity index (χ1) is 15.4.